The van der Waals surface area contributed by atoms with Gasteiger partial charge in [0.15, 0.2) is 17.5 Å². The Morgan fingerprint density at radius 2 is 1.58 bits per heavy atom. The van der Waals surface area contributed by atoms with Crippen LogP contribution >= 0.6 is 0 Å². The fourth-order valence-corrected chi connectivity index (χ4v) is 1.67. The highest BCUT2D eigenvalue weighted by molar-refractivity contribution is 5.44. The molecule has 0 spiro atoms. The smallest absolute Gasteiger partial charge is 0.194 e. The van der Waals surface area contributed by atoms with Gasteiger partial charge in [0.1, 0.15) is 0 Å². The monoisotopic (exact) mass is 267 g/mol. The molecule has 0 aliphatic carbocycles. The van der Waals surface area contributed by atoms with Crippen LogP contribution < -0.4 is 5.32 Å². The summed E-state index contributed by atoms with van der Waals surface area (Å²) in [4.78, 5) is 0. The van der Waals surface area contributed by atoms with Gasteiger partial charge >= 0.3 is 0 Å². The number of aliphatic hydroxyl groups is 1. The van der Waals surface area contributed by atoms with Crippen molar-refractivity contribution in [3.8, 4) is 0 Å². The van der Waals surface area contributed by atoms with E-state index in [1.165, 1.54) is 0 Å². The Morgan fingerprint density at radius 1 is 1.00 bits per heavy atom. The molecule has 100 valence electrons. The zero-order valence-electron chi connectivity index (χ0n) is 9.91. The van der Waals surface area contributed by atoms with Gasteiger partial charge in [-0.05, 0) is 5.56 Å². The Hall–Kier alpha value is -2.01. The van der Waals surface area contributed by atoms with Gasteiger partial charge in [-0.15, -0.1) is 0 Å². The molecule has 2 N–H and O–H groups in total. The lowest BCUT2D eigenvalue weighted by atomic mass is 10.1. The van der Waals surface area contributed by atoms with E-state index in [-0.39, 0.29) is 12.2 Å². The van der Waals surface area contributed by atoms with E-state index < -0.39 is 23.6 Å². The lowest BCUT2D eigenvalue weighted by molar-refractivity contribution is 0.191. The van der Waals surface area contributed by atoms with Crippen LogP contribution in [0.15, 0.2) is 42.5 Å². The van der Waals surface area contributed by atoms with Crippen LogP contribution in [-0.2, 0) is 0 Å². The number of anilines is 1. The molecule has 0 heterocycles. The molecule has 0 aliphatic rings. The van der Waals surface area contributed by atoms with Crippen LogP contribution in [-0.4, -0.2) is 11.7 Å². The highest BCUT2D eigenvalue weighted by Gasteiger charge is 2.12. The molecule has 0 amide bonds. The van der Waals surface area contributed by atoms with Gasteiger partial charge in [0.05, 0.1) is 6.10 Å². The molecule has 5 heteroatoms. The minimum absolute atomic E-state index is 0.0640. The van der Waals surface area contributed by atoms with Crippen LogP contribution in [0.3, 0.4) is 0 Å². The Balaban J connectivity index is 2.03. The normalized spacial score (nSPS) is 12.2. The van der Waals surface area contributed by atoms with E-state index in [9.17, 15) is 18.3 Å². The van der Waals surface area contributed by atoms with Gasteiger partial charge in [-0.3, -0.25) is 0 Å². The predicted octanol–water partition coefficient (Wildman–Crippen LogP) is 3.25. The molecule has 0 saturated carbocycles. The molecule has 2 nitrogen and oxygen atoms in total. The molecule has 0 radical (unpaired) electrons. The van der Waals surface area contributed by atoms with Crippen LogP contribution in [0, 0.1) is 17.5 Å². The van der Waals surface area contributed by atoms with Crippen LogP contribution in [0.5, 0.6) is 0 Å². The molecule has 2 aromatic carbocycles. The quantitative estimate of drug-likeness (QED) is 0.833. The van der Waals surface area contributed by atoms with Gasteiger partial charge < -0.3 is 10.4 Å². The number of nitrogens with one attached hydrogen (secondary N) is 1. The maximum Gasteiger partial charge on any atom is 0.194 e. The summed E-state index contributed by atoms with van der Waals surface area (Å²) in [5.41, 5.74) is 0.754. The molecular weight excluding hydrogens is 255 g/mol. The van der Waals surface area contributed by atoms with Gasteiger partial charge in [-0.25, -0.2) is 13.2 Å². The van der Waals surface area contributed by atoms with E-state index in [4.69, 9.17) is 0 Å². The molecular formula is C14H12F3NO. The SMILES string of the molecule is OC(CNc1cc(F)c(F)c(F)c1)c1ccccc1. The molecule has 0 aromatic heterocycles. The van der Waals surface area contributed by atoms with Crippen LogP contribution in [0.4, 0.5) is 18.9 Å². The van der Waals surface area contributed by atoms with E-state index in [1.807, 2.05) is 6.07 Å². The molecule has 19 heavy (non-hydrogen) atoms. The molecule has 0 aliphatic heterocycles. The number of aliphatic hydroxyl groups excluding tert-OH is 1. The molecule has 1 unspecified atom stereocenters. The summed E-state index contributed by atoms with van der Waals surface area (Å²) in [5, 5.41) is 12.5. The average Bonchev–Trinajstić information content (AvgIpc) is 2.43. The number of benzene rings is 2. The number of halogens is 3. The van der Waals surface area contributed by atoms with Gasteiger partial charge in [-0.1, -0.05) is 30.3 Å². The number of hydrogen-bond acceptors (Lipinski definition) is 2. The largest absolute Gasteiger partial charge is 0.387 e. The van der Waals surface area contributed by atoms with Gasteiger partial charge in [0.2, 0.25) is 0 Å². The first-order valence-electron chi connectivity index (χ1n) is 5.69. The van der Waals surface area contributed by atoms with Crippen molar-refractivity contribution in [2.45, 2.75) is 6.10 Å². The van der Waals surface area contributed by atoms with E-state index in [0.29, 0.717) is 5.56 Å². The lowest BCUT2D eigenvalue weighted by Crippen LogP contribution is -2.12. The predicted molar refractivity (Wildman–Crippen MR) is 66.2 cm³/mol. The highest BCUT2D eigenvalue weighted by Crippen LogP contribution is 2.19. The second-order valence-electron chi connectivity index (χ2n) is 4.06. The molecule has 2 aromatic rings. The maximum absolute atomic E-state index is 13.0. The van der Waals surface area contributed by atoms with Gasteiger partial charge in [0.25, 0.3) is 0 Å². The summed E-state index contributed by atoms with van der Waals surface area (Å²) in [6, 6.07) is 10.5. The van der Waals surface area contributed by atoms with Crippen LogP contribution in [0.2, 0.25) is 0 Å². The van der Waals surface area contributed by atoms with Crippen molar-refractivity contribution in [2.75, 3.05) is 11.9 Å². The van der Waals surface area contributed by atoms with Crippen molar-refractivity contribution < 1.29 is 18.3 Å². The average molecular weight is 267 g/mol. The van der Waals surface area contributed by atoms with E-state index >= 15 is 0 Å². The first-order valence-corrected chi connectivity index (χ1v) is 5.69. The van der Waals surface area contributed by atoms with Crippen molar-refractivity contribution in [3.05, 3.63) is 65.5 Å². The van der Waals surface area contributed by atoms with Crippen molar-refractivity contribution in [1.82, 2.24) is 0 Å². The Bertz CT molecular complexity index is 537. The molecule has 1 atom stereocenters. The third-order valence-corrected chi connectivity index (χ3v) is 2.67. The highest BCUT2D eigenvalue weighted by atomic mass is 19.2. The van der Waals surface area contributed by atoms with Crippen LogP contribution in [0.25, 0.3) is 0 Å². The third-order valence-electron chi connectivity index (χ3n) is 2.67. The summed E-state index contributed by atoms with van der Waals surface area (Å²) in [6.45, 7) is 0.0640. The summed E-state index contributed by atoms with van der Waals surface area (Å²) in [7, 11) is 0. The zero-order valence-corrected chi connectivity index (χ0v) is 9.91. The van der Waals surface area contributed by atoms with Gasteiger partial charge in [-0.2, -0.15) is 0 Å². The molecule has 0 bridgehead atoms. The van der Waals surface area contributed by atoms with Crippen molar-refractivity contribution in [3.63, 3.8) is 0 Å². The minimum Gasteiger partial charge on any atom is -0.387 e. The maximum atomic E-state index is 13.0. The summed E-state index contributed by atoms with van der Waals surface area (Å²) in [6.07, 6.45) is -0.822. The van der Waals surface area contributed by atoms with Crippen molar-refractivity contribution in [2.24, 2.45) is 0 Å². The zero-order chi connectivity index (χ0) is 13.8. The van der Waals surface area contributed by atoms with E-state index in [2.05, 4.69) is 5.32 Å². The van der Waals surface area contributed by atoms with Crippen LogP contribution in [0.1, 0.15) is 11.7 Å². The lowest BCUT2D eigenvalue weighted by Gasteiger charge is -2.13. The fraction of sp³-hybridized carbons (Fsp3) is 0.143. The molecule has 2 rings (SSSR count). The van der Waals surface area contributed by atoms with Crippen molar-refractivity contribution >= 4 is 5.69 Å². The van der Waals surface area contributed by atoms with E-state index in [0.717, 1.165) is 12.1 Å². The second-order valence-corrected chi connectivity index (χ2v) is 4.06. The Morgan fingerprint density at radius 3 is 2.16 bits per heavy atom. The fourth-order valence-electron chi connectivity index (χ4n) is 1.67. The van der Waals surface area contributed by atoms with Crippen molar-refractivity contribution in [1.29, 1.82) is 0 Å². The second kappa shape index (κ2) is 5.75. The third kappa shape index (κ3) is 3.26. The molecule has 0 fully saturated rings. The summed E-state index contributed by atoms with van der Waals surface area (Å²) in [5.74, 6) is -4.04. The number of hydrogen-bond donors (Lipinski definition) is 2. The minimum atomic E-state index is -1.51. The van der Waals surface area contributed by atoms with Gasteiger partial charge in [0, 0.05) is 24.4 Å². The topological polar surface area (TPSA) is 32.3 Å². The van der Waals surface area contributed by atoms with E-state index in [1.54, 1.807) is 24.3 Å². The summed E-state index contributed by atoms with van der Waals surface area (Å²) < 4.78 is 38.7. The summed E-state index contributed by atoms with van der Waals surface area (Å²) >= 11 is 0. The first-order chi connectivity index (χ1) is 9.08. The standard InChI is InChI=1S/C14H12F3NO/c15-11-6-10(7-12(16)14(11)17)18-8-13(19)9-4-2-1-3-5-9/h1-7,13,18-19H,8H2. The Labute approximate surface area is 108 Å². The first kappa shape index (κ1) is 13.4. The Kier molecular flexibility index (Phi) is 4.06. The molecule has 0 saturated heterocycles. The number of rotatable bonds is 4.